The zero-order valence-corrected chi connectivity index (χ0v) is 17.4. The third-order valence-corrected chi connectivity index (χ3v) is 3.45. The largest absolute Gasteiger partial charge is 1.00 e. The molecule has 0 spiro atoms. The zero-order valence-electron chi connectivity index (χ0n) is 16.6. The molecule has 0 bridgehead atoms. The van der Waals surface area contributed by atoms with Gasteiger partial charge in [-0.3, -0.25) is 9.59 Å². The number of halogens is 1. The van der Waals surface area contributed by atoms with Crippen LogP contribution in [0.3, 0.4) is 0 Å². The van der Waals surface area contributed by atoms with E-state index in [2.05, 4.69) is 30.9 Å². The lowest BCUT2D eigenvalue weighted by molar-refractivity contribution is -0.124. The van der Waals surface area contributed by atoms with Crippen LogP contribution in [0.1, 0.15) is 36.8 Å². The van der Waals surface area contributed by atoms with Crippen LogP contribution in [0.2, 0.25) is 0 Å². The summed E-state index contributed by atoms with van der Waals surface area (Å²) in [5.74, 6) is -0.0106. The number of amides is 2. The first-order valence-corrected chi connectivity index (χ1v) is 8.84. The van der Waals surface area contributed by atoms with Gasteiger partial charge < -0.3 is 38.8 Å². The van der Waals surface area contributed by atoms with Crippen molar-refractivity contribution in [2.45, 2.75) is 32.9 Å². The lowest BCUT2D eigenvalue weighted by Gasteiger charge is -2.20. The number of carbonyl (C=O) groups is 2. The lowest BCUT2D eigenvalue weighted by Crippen LogP contribution is -3.00. The van der Waals surface area contributed by atoms with Crippen LogP contribution in [-0.4, -0.2) is 47.4 Å². The molecule has 0 aliphatic heterocycles. The van der Waals surface area contributed by atoms with Gasteiger partial charge in [-0.05, 0) is 48.8 Å². The van der Waals surface area contributed by atoms with Crippen LogP contribution < -0.4 is 38.8 Å². The standard InChI is InChI=1S/C18H26N6O4.ClH/c1-18(2,3)22-14(25)11-27-13-6-4-12(5-7-13)10-20-8-9-21-17(26)15-16(19)24-28-23-15;/h4-7,20H,8-11H2,1-3H3,(H2,19,24)(H,21,26)(H,22,25);1H/p-1. The van der Waals surface area contributed by atoms with E-state index in [1.165, 1.54) is 0 Å². The number of nitrogens with one attached hydrogen (secondary N) is 3. The zero-order chi connectivity index (χ0) is 20.6. The van der Waals surface area contributed by atoms with E-state index in [9.17, 15) is 9.59 Å². The normalized spacial score (nSPS) is 10.7. The Bertz CT molecular complexity index is 788. The van der Waals surface area contributed by atoms with Gasteiger partial charge in [-0.25, -0.2) is 4.63 Å². The van der Waals surface area contributed by atoms with E-state index in [4.69, 9.17) is 10.5 Å². The Morgan fingerprint density at radius 1 is 1.14 bits per heavy atom. The van der Waals surface area contributed by atoms with Crippen LogP contribution in [0, 0.1) is 0 Å². The molecule has 0 saturated heterocycles. The van der Waals surface area contributed by atoms with Crippen molar-refractivity contribution in [3.63, 3.8) is 0 Å². The summed E-state index contributed by atoms with van der Waals surface area (Å²) in [6.45, 7) is 7.29. The summed E-state index contributed by atoms with van der Waals surface area (Å²) in [5.41, 5.74) is 6.19. The van der Waals surface area contributed by atoms with Gasteiger partial charge in [-0.1, -0.05) is 12.1 Å². The topological polar surface area (TPSA) is 144 Å². The Balaban J connectivity index is 0.00000420. The Labute approximate surface area is 175 Å². The molecule has 10 nitrogen and oxygen atoms in total. The monoisotopic (exact) mass is 425 g/mol. The summed E-state index contributed by atoms with van der Waals surface area (Å²) in [6.07, 6.45) is 0. The molecule has 0 saturated carbocycles. The average molecular weight is 426 g/mol. The van der Waals surface area contributed by atoms with Crippen molar-refractivity contribution in [1.82, 2.24) is 26.3 Å². The van der Waals surface area contributed by atoms with Gasteiger partial charge in [0.1, 0.15) is 5.75 Å². The molecule has 2 amide bonds. The molecule has 0 aliphatic carbocycles. The van der Waals surface area contributed by atoms with Crippen molar-refractivity contribution in [1.29, 1.82) is 0 Å². The van der Waals surface area contributed by atoms with E-state index in [1.54, 1.807) is 0 Å². The average Bonchev–Trinajstić information content (AvgIpc) is 3.05. The molecule has 2 aromatic rings. The molecule has 5 N–H and O–H groups in total. The van der Waals surface area contributed by atoms with Crippen molar-refractivity contribution in [3.05, 3.63) is 35.5 Å². The number of hydrogen-bond donors (Lipinski definition) is 4. The van der Waals surface area contributed by atoms with Crippen molar-refractivity contribution in [2.24, 2.45) is 0 Å². The van der Waals surface area contributed by atoms with Crippen molar-refractivity contribution >= 4 is 17.6 Å². The Morgan fingerprint density at radius 3 is 2.41 bits per heavy atom. The molecule has 2 rings (SSSR count). The summed E-state index contributed by atoms with van der Waals surface area (Å²) in [5, 5.41) is 15.5. The summed E-state index contributed by atoms with van der Waals surface area (Å²) in [4.78, 5) is 23.5. The first-order valence-electron chi connectivity index (χ1n) is 8.84. The maximum Gasteiger partial charge on any atom is 0.277 e. The molecule has 1 aromatic heterocycles. The summed E-state index contributed by atoms with van der Waals surface area (Å²) >= 11 is 0. The van der Waals surface area contributed by atoms with E-state index >= 15 is 0 Å². The number of nitrogens with zero attached hydrogens (tertiary/aromatic N) is 2. The lowest BCUT2D eigenvalue weighted by atomic mass is 10.1. The molecule has 1 aromatic carbocycles. The maximum absolute atomic E-state index is 11.8. The SMILES string of the molecule is CC(C)(C)NC(=O)COc1ccc(CNCCNC(=O)c2nonc2N)cc1.[Cl-]. The Kier molecular flexibility index (Phi) is 9.36. The van der Waals surface area contributed by atoms with Crippen molar-refractivity contribution < 1.29 is 31.4 Å². The first-order chi connectivity index (χ1) is 13.2. The summed E-state index contributed by atoms with van der Waals surface area (Å²) in [6, 6.07) is 7.43. The molecule has 11 heteroatoms. The molecule has 0 fully saturated rings. The molecule has 29 heavy (non-hydrogen) atoms. The van der Waals surface area contributed by atoms with Crippen molar-refractivity contribution in [3.8, 4) is 5.75 Å². The smallest absolute Gasteiger partial charge is 0.277 e. The third-order valence-electron chi connectivity index (χ3n) is 3.45. The van der Waals surface area contributed by atoms with Crippen LogP contribution in [-0.2, 0) is 11.3 Å². The fourth-order valence-corrected chi connectivity index (χ4v) is 2.24. The molecule has 0 radical (unpaired) electrons. The van der Waals surface area contributed by atoms with Crippen LogP contribution in [0.15, 0.2) is 28.9 Å². The molecule has 0 atom stereocenters. The first kappa shape index (κ1) is 24.2. The highest BCUT2D eigenvalue weighted by molar-refractivity contribution is 5.95. The highest BCUT2D eigenvalue weighted by Gasteiger charge is 2.15. The maximum atomic E-state index is 11.8. The number of aromatic nitrogens is 2. The van der Waals surface area contributed by atoms with Gasteiger partial charge in [-0.2, -0.15) is 0 Å². The minimum absolute atomic E-state index is 0. The van der Waals surface area contributed by atoms with Gasteiger partial charge in [0.05, 0.1) is 0 Å². The Hall–Kier alpha value is -2.85. The van der Waals surface area contributed by atoms with E-state index in [0.29, 0.717) is 25.4 Å². The number of anilines is 1. The number of nitrogens with two attached hydrogens (primary N) is 1. The van der Waals surface area contributed by atoms with Crippen molar-refractivity contribution in [2.75, 3.05) is 25.4 Å². The molecule has 0 aliphatic rings. The van der Waals surface area contributed by atoms with Crippen LogP contribution in [0.25, 0.3) is 0 Å². The second kappa shape index (κ2) is 11.2. The summed E-state index contributed by atoms with van der Waals surface area (Å²) < 4.78 is 9.85. The predicted octanol–water partition coefficient (Wildman–Crippen LogP) is -2.53. The van der Waals surface area contributed by atoms with Gasteiger partial charge in [0.2, 0.25) is 11.5 Å². The fourth-order valence-electron chi connectivity index (χ4n) is 2.24. The number of nitrogen functional groups attached to an aromatic ring is 1. The number of hydrogen-bond acceptors (Lipinski definition) is 8. The third kappa shape index (κ3) is 8.79. The molecule has 0 unspecified atom stereocenters. The summed E-state index contributed by atoms with van der Waals surface area (Å²) in [7, 11) is 0. The molecule has 1 heterocycles. The van der Waals surface area contributed by atoms with E-state index in [0.717, 1.165) is 5.56 Å². The predicted molar refractivity (Wildman–Crippen MR) is 103 cm³/mol. The number of carbonyl (C=O) groups excluding carboxylic acids is 2. The number of rotatable bonds is 9. The Morgan fingerprint density at radius 2 is 1.83 bits per heavy atom. The second-order valence-corrected chi connectivity index (χ2v) is 7.16. The van der Waals surface area contributed by atoms with Gasteiger partial charge in [0, 0.05) is 25.2 Å². The minimum atomic E-state index is -0.433. The number of ether oxygens (including phenoxy) is 1. The molecule has 160 valence electrons. The fraction of sp³-hybridized carbons (Fsp3) is 0.444. The van der Waals surface area contributed by atoms with Gasteiger partial charge in [0.15, 0.2) is 6.61 Å². The molecular weight excluding hydrogens is 400 g/mol. The van der Waals surface area contributed by atoms with E-state index in [1.807, 2.05) is 45.0 Å². The highest BCUT2D eigenvalue weighted by Crippen LogP contribution is 2.12. The highest BCUT2D eigenvalue weighted by atomic mass is 35.5. The van der Waals surface area contributed by atoms with E-state index < -0.39 is 5.91 Å². The van der Waals surface area contributed by atoms with Crippen LogP contribution >= 0.6 is 0 Å². The number of benzene rings is 1. The van der Waals surface area contributed by atoms with Gasteiger partial charge >= 0.3 is 0 Å². The van der Waals surface area contributed by atoms with E-state index in [-0.39, 0.29) is 42.0 Å². The second-order valence-electron chi connectivity index (χ2n) is 7.16. The minimum Gasteiger partial charge on any atom is -1.00 e. The van der Waals surface area contributed by atoms with Crippen LogP contribution in [0.5, 0.6) is 5.75 Å². The molecular formula is C18H26ClN6O4-. The van der Waals surface area contributed by atoms with Gasteiger partial charge in [0.25, 0.3) is 11.8 Å². The van der Waals surface area contributed by atoms with Crippen LogP contribution in [0.4, 0.5) is 5.82 Å². The quantitative estimate of drug-likeness (QED) is 0.322. The van der Waals surface area contributed by atoms with Gasteiger partial charge in [-0.15, -0.1) is 0 Å².